The number of amides is 2. The zero-order valence-corrected chi connectivity index (χ0v) is 16.3. The summed E-state index contributed by atoms with van der Waals surface area (Å²) in [6, 6.07) is 0.0959. The van der Waals surface area contributed by atoms with E-state index < -0.39 is 0 Å². The quantitative estimate of drug-likeness (QED) is 0.866. The summed E-state index contributed by atoms with van der Waals surface area (Å²) in [4.78, 5) is 31.1. The number of piperidine rings is 1. The number of rotatable bonds is 5. The topological polar surface area (TPSA) is 80.1 Å². The summed E-state index contributed by atoms with van der Waals surface area (Å²) < 4.78 is 1.61. The predicted octanol–water partition coefficient (Wildman–Crippen LogP) is 1.96. The van der Waals surface area contributed by atoms with Gasteiger partial charge in [-0.25, -0.2) is 4.98 Å². The molecular formula is C18H25N5O2S. The van der Waals surface area contributed by atoms with Gasteiger partial charge in [-0.1, -0.05) is 13.8 Å². The molecule has 0 atom stereocenters. The summed E-state index contributed by atoms with van der Waals surface area (Å²) in [6.07, 6.45) is 5.16. The number of hydrogen-bond acceptors (Lipinski definition) is 5. The van der Waals surface area contributed by atoms with Crippen molar-refractivity contribution in [1.82, 2.24) is 25.0 Å². The van der Waals surface area contributed by atoms with Crippen LogP contribution in [0.4, 0.5) is 0 Å². The molecule has 1 saturated heterocycles. The molecular weight excluding hydrogens is 350 g/mol. The SMILES string of the molecule is CC(C)c1nc(CC(=O)N2CCC(NC(=O)c3cnn(C)c3)CC2)cs1. The van der Waals surface area contributed by atoms with Gasteiger partial charge in [0, 0.05) is 43.7 Å². The van der Waals surface area contributed by atoms with Crippen molar-refractivity contribution in [1.29, 1.82) is 0 Å². The van der Waals surface area contributed by atoms with Gasteiger partial charge in [0.1, 0.15) is 0 Å². The highest BCUT2D eigenvalue weighted by Gasteiger charge is 2.25. The molecule has 7 nitrogen and oxygen atoms in total. The van der Waals surface area contributed by atoms with Crippen molar-refractivity contribution in [2.75, 3.05) is 13.1 Å². The lowest BCUT2D eigenvalue weighted by atomic mass is 10.0. The Morgan fingerprint density at radius 1 is 1.35 bits per heavy atom. The zero-order chi connectivity index (χ0) is 18.7. The molecule has 2 amide bonds. The third-order valence-corrected chi connectivity index (χ3v) is 5.74. The lowest BCUT2D eigenvalue weighted by Crippen LogP contribution is -2.46. The molecule has 1 aliphatic heterocycles. The van der Waals surface area contributed by atoms with Crippen LogP contribution in [0.3, 0.4) is 0 Å². The fourth-order valence-corrected chi connectivity index (χ4v) is 3.85. The van der Waals surface area contributed by atoms with Crippen molar-refractivity contribution in [2.24, 2.45) is 7.05 Å². The second-order valence-electron chi connectivity index (χ2n) is 7.04. The first kappa shape index (κ1) is 18.6. The summed E-state index contributed by atoms with van der Waals surface area (Å²) in [6.45, 7) is 5.54. The molecule has 2 aromatic heterocycles. The normalized spacial score (nSPS) is 15.5. The molecule has 3 rings (SSSR count). The van der Waals surface area contributed by atoms with Crippen LogP contribution in [0.2, 0.25) is 0 Å². The van der Waals surface area contributed by atoms with Crippen molar-refractivity contribution in [3.63, 3.8) is 0 Å². The molecule has 0 radical (unpaired) electrons. The van der Waals surface area contributed by atoms with E-state index in [1.54, 1.807) is 35.5 Å². The van der Waals surface area contributed by atoms with Gasteiger partial charge in [0.15, 0.2) is 0 Å². The van der Waals surface area contributed by atoms with Gasteiger partial charge in [-0.15, -0.1) is 11.3 Å². The van der Waals surface area contributed by atoms with E-state index in [1.807, 2.05) is 10.3 Å². The Hall–Kier alpha value is -2.22. The molecule has 3 heterocycles. The van der Waals surface area contributed by atoms with Crippen molar-refractivity contribution in [3.05, 3.63) is 34.0 Å². The van der Waals surface area contributed by atoms with Crippen molar-refractivity contribution in [3.8, 4) is 0 Å². The minimum atomic E-state index is -0.105. The number of likely N-dealkylation sites (tertiary alicyclic amines) is 1. The highest BCUT2D eigenvalue weighted by atomic mass is 32.1. The van der Waals surface area contributed by atoms with E-state index in [-0.39, 0.29) is 17.9 Å². The van der Waals surface area contributed by atoms with E-state index in [2.05, 4.69) is 29.2 Å². The zero-order valence-electron chi connectivity index (χ0n) is 15.4. The summed E-state index contributed by atoms with van der Waals surface area (Å²) in [5.74, 6) is 0.400. The number of carbonyl (C=O) groups excluding carboxylic acids is 2. The molecule has 140 valence electrons. The van der Waals surface area contributed by atoms with Gasteiger partial charge >= 0.3 is 0 Å². The second kappa shape index (κ2) is 7.99. The molecule has 0 aliphatic carbocycles. The maximum Gasteiger partial charge on any atom is 0.254 e. The van der Waals surface area contributed by atoms with E-state index >= 15 is 0 Å². The molecule has 2 aromatic rings. The van der Waals surface area contributed by atoms with E-state index in [1.165, 1.54) is 0 Å². The van der Waals surface area contributed by atoms with Crippen LogP contribution < -0.4 is 5.32 Å². The number of aromatic nitrogens is 3. The summed E-state index contributed by atoms with van der Waals surface area (Å²) in [5.41, 5.74) is 1.42. The molecule has 26 heavy (non-hydrogen) atoms. The Bertz CT molecular complexity index is 774. The van der Waals surface area contributed by atoms with Gasteiger partial charge in [-0.05, 0) is 12.8 Å². The molecule has 0 aromatic carbocycles. The smallest absolute Gasteiger partial charge is 0.254 e. The molecule has 0 unspecified atom stereocenters. The van der Waals surface area contributed by atoms with Crippen LogP contribution >= 0.6 is 11.3 Å². The van der Waals surface area contributed by atoms with Gasteiger partial charge < -0.3 is 10.2 Å². The minimum Gasteiger partial charge on any atom is -0.349 e. The molecule has 0 saturated carbocycles. The van der Waals surface area contributed by atoms with Crippen LogP contribution in [0.15, 0.2) is 17.8 Å². The highest BCUT2D eigenvalue weighted by Crippen LogP contribution is 2.20. The van der Waals surface area contributed by atoms with Crippen LogP contribution in [0.5, 0.6) is 0 Å². The first-order valence-corrected chi connectivity index (χ1v) is 9.82. The first-order chi connectivity index (χ1) is 12.4. The number of aryl methyl sites for hydroxylation is 1. The number of nitrogens with one attached hydrogen (secondary N) is 1. The Kier molecular flexibility index (Phi) is 5.70. The number of carbonyl (C=O) groups is 2. The van der Waals surface area contributed by atoms with Gasteiger partial charge in [-0.3, -0.25) is 14.3 Å². The predicted molar refractivity (Wildman–Crippen MR) is 100 cm³/mol. The standard InChI is InChI=1S/C18H25N5O2S/c1-12(2)18-21-15(11-26-18)8-16(24)23-6-4-14(5-7-23)20-17(25)13-9-19-22(3)10-13/h9-12,14H,4-8H2,1-3H3,(H,20,25). The Morgan fingerprint density at radius 3 is 2.65 bits per heavy atom. The van der Waals surface area contributed by atoms with Crippen LogP contribution in [0.25, 0.3) is 0 Å². The number of thiazole rings is 1. The van der Waals surface area contributed by atoms with Gasteiger partial charge in [0.05, 0.1) is 28.9 Å². The average molecular weight is 375 g/mol. The van der Waals surface area contributed by atoms with Crippen molar-refractivity contribution < 1.29 is 9.59 Å². The summed E-state index contributed by atoms with van der Waals surface area (Å²) in [7, 11) is 1.79. The first-order valence-electron chi connectivity index (χ1n) is 8.94. The van der Waals surface area contributed by atoms with E-state index in [4.69, 9.17) is 0 Å². The van der Waals surface area contributed by atoms with E-state index in [0.717, 1.165) is 23.5 Å². The maximum absolute atomic E-state index is 12.5. The van der Waals surface area contributed by atoms with Gasteiger partial charge in [0.25, 0.3) is 5.91 Å². The lowest BCUT2D eigenvalue weighted by molar-refractivity contribution is -0.131. The highest BCUT2D eigenvalue weighted by molar-refractivity contribution is 7.09. The largest absolute Gasteiger partial charge is 0.349 e. The van der Waals surface area contributed by atoms with Crippen molar-refractivity contribution >= 4 is 23.2 Å². The maximum atomic E-state index is 12.5. The lowest BCUT2D eigenvalue weighted by Gasteiger charge is -2.32. The van der Waals surface area contributed by atoms with Crippen molar-refractivity contribution in [2.45, 2.75) is 45.1 Å². The molecule has 8 heteroatoms. The van der Waals surface area contributed by atoms with Crippen LogP contribution in [-0.2, 0) is 18.3 Å². The van der Waals surface area contributed by atoms with Crippen LogP contribution in [-0.4, -0.2) is 50.6 Å². The second-order valence-corrected chi connectivity index (χ2v) is 7.93. The fraction of sp³-hybridized carbons (Fsp3) is 0.556. The Labute approximate surface area is 157 Å². The third-order valence-electron chi connectivity index (χ3n) is 4.55. The van der Waals surface area contributed by atoms with E-state index in [0.29, 0.717) is 31.0 Å². The third kappa shape index (κ3) is 4.49. The average Bonchev–Trinajstić information content (AvgIpc) is 3.24. The van der Waals surface area contributed by atoms with Gasteiger partial charge in [0.2, 0.25) is 5.91 Å². The molecule has 0 bridgehead atoms. The Balaban J connectivity index is 1.46. The monoisotopic (exact) mass is 375 g/mol. The Morgan fingerprint density at radius 2 is 2.08 bits per heavy atom. The van der Waals surface area contributed by atoms with Crippen LogP contribution in [0, 0.1) is 0 Å². The van der Waals surface area contributed by atoms with Crippen LogP contribution in [0.1, 0.15) is 53.7 Å². The molecule has 0 spiro atoms. The molecule has 1 N–H and O–H groups in total. The fourth-order valence-electron chi connectivity index (χ4n) is 3.02. The summed E-state index contributed by atoms with van der Waals surface area (Å²) >= 11 is 1.62. The molecule has 1 aliphatic rings. The summed E-state index contributed by atoms with van der Waals surface area (Å²) in [5, 5.41) is 10.1. The number of hydrogen-bond donors (Lipinski definition) is 1. The van der Waals surface area contributed by atoms with E-state index in [9.17, 15) is 9.59 Å². The number of nitrogens with zero attached hydrogens (tertiary/aromatic N) is 4. The molecule has 1 fully saturated rings. The van der Waals surface area contributed by atoms with Gasteiger partial charge in [-0.2, -0.15) is 5.10 Å². The minimum absolute atomic E-state index is 0.0959.